The number of hydrogen-bond acceptors (Lipinski definition) is 5. The van der Waals surface area contributed by atoms with Gasteiger partial charge in [0.15, 0.2) is 0 Å². The van der Waals surface area contributed by atoms with Gasteiger partial charge in [-0.3, -0.25) is 14.9 Å². The molecule has 0 radical (unpaired) electrons. The van der Waals surface area contributed by atoms with Gasteiger partial charge in [0.05, 0.1) is 16.9 Å². The lowest BCUT2D eigenvalue weighted by Gasteiger charge is -2.06. The van der Waals surface area contributed by atoms with Gasteiger partial charge in [-0.2, -0.15) is 0 Å². The lowest BCUT2D eigenvalue weighted by Crippen LogP contribution is -1.95. The first-order valence-corrected chi connectivity index (χ1v) is 6.53. The van der Waals surface area contributed by atoms with Gasteiger partial charge in [-0.1, -0.05) is 12.1 Å². The van der Waals surface area contributed by atoms with Crippen LogP contribution in [0.1, 0.15) is 10.4 Å². The Labute approximate surface area is 119 Å². The van der Waals surface area contributed by atoms with E-state index in [4.69, 9.17) is 4.74 Å². The molecule has 0 atom stereocenters. The van der Waals surface area contributed by atoms with Gasteiger partial charge < -0.3 is 4.74 Å². The van der Waals surface area contributed by atoms with Gasteiger partial charge in [-0.15, -0.1) is 0 Å². The number of non-ortho nitro benzene ring substituents is 1. The highest BCUT2D eigenvalue weighted by Crippen LogP contribution is 2.31. The van der Waals surface area contributed by atoms with Crippen molar-refractivity contribution in [1.29, 1.82) is 0 Å². The second kappa shape index (κ2) is 6.21. The SMILES string of the molecule is COc1ccccc1SC(=O)c1ccc([N+](=O)[O-])cc1. The lowest BCUT2D eigenvalue weighted by atomic mass is 10.2. The fourth-order valence-electron chi connectivity index (χ4n) is 1.58. The zero-order valence-electron chi connectivity index (χ0n) is 10.6. The molecule has 2 aromatic rings. The predicted octanol–water partition coefficient (Wildman–Crippen LogP) is 3.54. The van der Waals surface area contributed by atoms with Crippen LogP contribution in [0.4, 0.5) is 5.69 Å². The molecule has 0 aliphatic heterocycles. The van der Waals surface area contributed by atoms with Gasteiger partial charge in [0, 0.05) is 17.7 Å². The van der Waals surface area contributed by atoms with Crippen molar-refractivity contribution in [3.8, 4) is 5.75 Å². The fraction of sp³-hybridized carbons (Fsp3) is 0.0714. The van der Waals surface area contributed by atoms with E-state index in [0.29, 0.717) is 16.2 Å². The van der Waals surface area contributed by atoms with Crippen LogP contribution in [0, 0.1) is 10.1 Å². The van der Waals surface area contributed by atoms with Crippen LogP contribution >= 0.6 is 11.8 Å². The molecule has 0 spiro atoms. The van der Waals surface area contributed by atoms with Crippen LogP contribution in [0.3, 0.4) is 0 Å². The van der Waals surface area contributed by atoms with Crippen LogP contribution in [0.2, 0.25) is 0 Å². The van der Waals surface area contributed by atoms with Gasteiger partial charge in [0.25, 0.3) is 5.69 Å². The van der Waals surface area contributed by atoms with Gasteiger partial charge in [-0.25, -0.2) is 0 Å². The summed E-state index contributed by atoms with van der Waals surface area (Å²) in [6, 6.07) is 12.7. The molecule has 0 aliphatic rings. The number of carbonyl (C=O) groups is 1. The van der Waals surface area contributed by atoms with E-state index in [-0.39, 0.29) is 10.8 Å². The topological polar surface area (TPSA) is 69.4 Å². The molecule has 5 nitrogen and oxygen atoms in total. The van der Waals surface area contributed by atoms with Gasteiger partial charge >= 0.3 is 0 Å². The number of methoxy groups -OCH3 is 1. The van der Waals surface area contributed by atoms with Crippen molar-refractivity contribution in [1.82, 2.24) is 0 Å². The molecule has 0 saturated carbocycles. The molecule has 0 bridgehead atoms. The van der Waals surface area contributed by atoms with Crippen LogP contribution in [0.5, 0.6) is 5.75 Å². The molecule has 0 saturated heterocycles. The van der Waals surface area contributed by atoms with E-state index in [9.17, 15) is 14.9 Å². The minimum atomic E-state index is -0.498. The monoisotopic (exact) mass is 289 g/mol. The number of thioether (sulfide) groups is 1. The summed E-state index contributed by atoms with van der Waals surface area (Å²) in [7, 11) is 1.54. The quantitative estimate of drug-likeness (QED) is 0.489. The van der Waals surface area contributed by atoms with Crippen molar-refractivity contribution in [2.75, 3.05) is 7.11 Å². The van der Waals surface area contributed by atoms with Crippen LogP contribution < -0.4 is 4.74 Å². The van der Waals surface area contributed by atoms with E-state index in [1.54, 1.807) is 12.1 Å². The van der Waals surface area contributed by atoms with Crippen molar-refractivity contribution in [2.24, 2.45) is 0 Å². The minimum absolute atomic E-state index is 0.0381. The number of nitro groups is 1. The Balaban J connectivity index is 2.17. The molecule has 0 heterocycles. The molecule has 0 fully saturated rings. The smallest absolute Gasteiger partial charge is 0.269 e. The summed E-state index contributed by atoms with van der Waals surface area (Å²) < 4.78 is 5.17. The normalized spacial score (nSPS) is 10.1. The summed E-state index contributed by atoms with van der Waals surface area (Å²) in [5, 5.41) is 10.4. The number of carbonyl (C=O) groups excluding carboxylic acids is 1. The van der Waals surface area contributed by atoms with E-state index >= 15 is 0 Å². The van der Waals surface area contributed by atoms with Crippen molar-refractivity contribution < 1.29 is 14.5 Å². The first-order valence-electron chi connectivity index (χ1n) is 5.71. The van der Waals surface area contributed by atoms with Crippen molar-refractivity contribution in [2.45, 2.75) is 4.90 Å². The summed E-state index contributed by atoms with van der Waals surface area (Å²) in [4.78, 5) is 22.9. The van der Waals surface area contributed by atoms with Crippen molar-refractivity contribution in [3.05, 3.63) is 64.2 Å². The second-order valence-corrected chi connectivity index (χ2v) is 4.86. The van der Waals surface area contributed by atoms with Gasteiger partial charge in [0.1, 0.15) is 5.75 Å². The molecular weight excluding hydrogens is 278 g/mol. The van der Waals surface area contributed by atoms with Crippen LogP contribution in [-0.4, -0.2) is 17.1 Å². The number of hydrogen-bond donors (Lipinski definition) is 0. The van der Waals surface area contributed by atoms with Crippen LogP contribution in [0.15, 0.2) is 53.4 Å². The first-order chi connectivity index (χ1) is 9.61. The maximum Gasteiger partial charge on any atom is 0.269 e. The number of para-hydroxylation sites is 1. The molecule has 2 aromatic carbocycles. The highest BCUT2D eigenvalue weighted by Gasteiger charge is 2.13. The summed E-state index contributed by atoms with van der Waals surface area (Å²) in [5.74, 6) is 0.618. The third-order valence-electron chi connectivity index (χ3n) is 2.59. The third kappa shape index (κ3) is 3.16. The summed E-state index contributed by atoms with van der Waals surface area (Å²) in [6.07, 6.45) is 0. The second-order valence-electron chi connectivity index (χ2n) is 3.84. The minimum Gasteiger partial charge on any atom is -0.496 e. The summed E-state index contributed by atoms with van der Waals surface area (Å²) in [6.45, 7) is 0. The molecular formula is C14H11NO4S. The molecule has 0 aliphatic carbocycles. The molecule has 0 amide bonds. The Hall–Kier alpha value is -2.34. The van der Waals surface area contributed by atoms with Crippen LogP contribution in [-0.2, 0) is 0 Å². The predicted molar refractivity (Wildman–Crippen MR) is 76.3 cm³/mol. The molecule has 0 N–H and O–H groups in total. The highest BCUT2D eigenvalue weighted by atomic mass is 32.2. The van der Waals surface area contributed by atoms with Gasteiger partial charge in [0.2, 0.25) is 5.12 Å². The number of benzene rings is 2. The Morgan fingerprint density at radius 1 is 1.15 bits per heavy atom. The first kappa shape index (κ1) is 14.1. The zero-order chi connectivity index (χ0) is 14.5. The number of nitrogens with zero attached hydrogens (tertiary/aromatic N) is 1. The summed E-state index contributed by atoms with van der Waals surface area (Å²) in [5.41, 5.74) is 0.371. The van der Waals surface area contributed by atoms with E-state index in [1.165, 1.54) is 31.4 Å². The number of ether oxygens (including phenoxy) is 1. The third-order valence-corrected chi connectivity index (χ3v) is 3.56. The van der Waals surface area contributed by atoms with Crippen molar-refractivity contribution in [3.63, 3.8) is 0 Å². The average Bonchev–Trinajstić information content (AvgIpc) is 2.48. The molecule has 20 heavy (non-hydrogen) atoms. The average molecular weight is 289 g/mol. The maximum atomic E-state index is 12.1. The fourth-order valence-corrected chi connectivity index (χ4v) is 2.43. The Morgan fingerprint density at radius 2 is 1.80 bits per heavy atom. The van der Waals surface area contributed by atoms with E-state index < -0.39 is 4.92 Å². The van der Waals surface area contributed by atoms with Crippen LogP contribution in [0.25, 0.3) is 0 Å². The Kier molecular flexibility index (Phi) is 4.37. The molecule has 0 aromatic heterocycles. The molecule has 0 unspecified atom stereocenters. The largest absolute Gasteiger partial charge is 0.496 e. The molecule has 102 valence electrons. The number of rotatable bonds is 4. The number of nitro benzene ring substituents is 1. The maximum absolute atomic E-state index is 12.1. The van der Waals surface area contributed by atoms with Crippen molar-refractivity contribution >= 4 is 22.6 Å². The van der Waals surface area contributed by atoms with E-state index in [2.05, 4.69) is 0 Å². The lowest BCUT2D eigenvalue weighted by molar-refractivity contribution is -0.384. The van der Waals surface area contributed by atoms with E-state index in [0.717, 1.165) is 11.8 Å². The Bertz CT molecular complexity index is 640. The van der Waals surface area contributed by atoms with E-state index in [1.807, 2.05) is 12.1 Å². The van der Waals surface area contributed by atoms with Gasteiger partial charge in [-0.05, 0) is 36.0 Å². The standard InChI is InChI=1S/C14H11NO4S/c1-19-12-4-2-3-5-13(12)20-14(16)10-6-8-11(9-7-10)15(17)18/h2-9H,1H3. The Morgan fingerprint density at radius 3 is 2.40 bits per heavy atom. The highest BCUT2D eigenvalue weighted by molar-refractivity contribution is 8.14. The summed E-state index contributed by atoms with van der Waals surface area (Å²) >= 11 is 1.03. The molecule has 2 rings (SSSR count). The molecule has 6 heteroatoms. The zero-order valence-corrected chi connectivity index (χ0v) is 11.4.